The van der Waals surface area contributed by atoms with Gasteiger partial charge in [-0.25, -0.2) is 4.99 Å². The number of fused-ring (bicyclic) bond motifs is 1. The lowest BCUT2D eigenvalue weighted by Crippen LogP contribution is -2.25. The number of nitrogens with zero attached hydrogens (tertiary/aromatic N) is 3. The molecule has 0 N–H and O–H groups in total. The van der Waals surface area contributed by atoms with Crippen molar-refractivity contribution in [1.82, 2.24) is 4.90 Å². The van der Waals surface area contributed by atoms with Crippen molar-refractivity contribution in [3.05, 3.63) is 60.2 Å². The SMILES string of the molecule is CCN(CC)CCSC1=Nc2ccccc2N=C(c2ccccc2)C1. The van der Waals surface area contributed by atoms with Crippen LogP contribution < -0.4 is 0 Å². The van der Waals surface area contributed by atoms with E-state index < -0.39 is 0 Å². The first-order valence-corrected chi connectivity index (χ1v) is 9.93. The van der Waals surface area contributed by atoms with E-state index in [1.54, 1.807) is 0 Å². The zero-order chi connectivity index (χ0) is 17.5. The fraction of sp³-hybridized carbons (Fsp3) is 0.333. The zero-order valence-corrected chi connectivity index (χ0v) is 15.8. The molecule has 3 nitrogen and oxygen atoms in total. The summed E-state index contributed by atoms with van der Waals surface area (Å²) in [5.74, 6) is 1.06. The van der Waals surface area contributed by atoms with Crippen molar-refractivity contribution in [3.8, 4) is 0 Å². The molecule has 0 aromatic heterocycles. The molecule has 4 heteroatoms. The first-order valence-electron chi connectivity index (χ1n) is 8.95. The third-order valence-electron chi connectivity index (χ3n) is 4.38. The molecule has 2 aromatic carbocycles. The average Bonchev–Trinajstić information content (AvgIpc) is 2.85. The van der Waals surface area contributed by atoms with Crippen LogP contribution in [0.2, 0.25) is 0 Å². The highest BCUT2D eigenvalue weighted by Gasteiger charge is 2.15. The van der Waals surface area contributed by atoms with Crippen LogP contribution in [0, 0.1) is 0 Å². The highest BCUT2D eigenvalue weighted by molar-refractivity contribution is 8.14. The monoisotopic (exact) mass is 351 g/mol. The molecule has 0 fully saturated rings. The number of rotatable bonds is 6. The summed E-state index contributed by atoms with van der Waals surface area (Å²) in [4.78, 5) is 12.3. The van der Waals surface area contributed by atoms with E-state index in [4.69, 9.17) is 9.98 Å². The van der Waals surface area contributed by atoms with Gasteiger partial charge in [0.1, 0.15) is 0 Å². The predicted molar refractivity (Wildman–Crippen MR) is 111 cm³/mol. The topological polar surface area (TPSA) is 28.0 Å². The fourth-order valence-corrected chi connectivity index (χ4v) is 3.85. The molecule has 0 unspecified atom stereocenters. The van der Waals surface area contributed by atoms with Gasteiger partial charge in [-0.3, -0.25) is 4.99 Å². The number of benzene rings is 2. The van der Waals surface area contributed by atoms with Crippen LogP contribution in [0.1, 0.15) is 25.8 Å². The third kappa shape index (κ3) is 4.80. The highest BCUT2D eigenvalue weighted by Crippen LogP contribution is 2.33. The Morgan fingerprint density at radius 1 is 0.880 bits per heavy atom. The Kier molecular flexibility index (Phi) is 6.42. The second-order valence-electron chi connectivity index (χ2n) is 5.97. The van der Waals surface area contributed by atoms with Crippen molar-refractivity contribution in [2.75, 3.05) is 25.4 Å². The minimum Gasteiger partial charge on any atom is -0.303 e. The van der Waals surface area contributed by atoms with E-state index in [9.17, 15) is 0 Å². The zero-order valence-electron chi connectivity index (χ0n) is 15.0. The molecule has 0 amide bonds. The van der Waals surface area contributed by atoms with E-state index >= 15 is 0 Å². The molecular formula is C21H25N3S. The second kappa shape index (κ2) is 8.97. The molecular weight excluding hydrogens is 326 g/mol. The van der Waals surface area contributed by atoms with Gasteiger partial charge in [-0.2, -0.15) is 0 Å². The fourth-order valence-electron chi connectivity index (χ4n) is 2.87. The van der Waals surface area contributed by atoms with Gasteiger partial charge >= 0.3 is 0 Å². The van der Waals surface area contributed by atoms with Gasteiger partial charge in [0.25, 0.3) is 0 Å². The van der Waals surface area contributed by atoms with Crippen LogP contribution in [0.15, 0.2) is 64.6 Å². The summed E-state index contributed by atoms with van der Waals surface area (Å²) in [5, 5.41) is 1.15. The molecule has 0 aliphatic carbocycles. The van der Waals surface area contributed by atoms with Crippen molar-refractivity contribution in [2.24, 2.45) is 9.98 Å². The van der Waals surface area contributed by atoms with Gasteiger partial charge in [0.2, 0.25) is 0 Å². The molecule has 0 radical (unpaired) electrons. The molecule has 1 aliphatic heterocycles. The minimum atomic E-state index is 0.793. The number of para-hydroxylation sites is 2. The molecule has 3 rings (SSSR count). The van der Waals surface area contributed by atoms with Gasteiger partial charge in [0.05, 0.1) is 22.1 Å². The van der Waals surface area contributed by atoms with Gasteiger partial charge in [-0.05, 0) is 30.8 Å². The molecule has 0 saturated heterocycles. The third-order valence-corrected chi connectivity index (χ3v) is 5.33. The van der Waals surface area contributed by atoms with E-state index in [0.717, 1.165) is 53.9 Å². The van der Waals surface area contributed by atoms with E-state index in [1.807, 2.05) is 36.0 Å². The van der Waals surface area contributed by atoms with Crippen molar-refractivity contribution < 1.29 is 0 Å². The van der Waals surface area contributed by atoms with Crippen molar-refractivity contribution in [1.29, 1.82) is 0 Å². The molecule has 0 spiro atoms. The summed E-state index contributed by atoms with van der Waals surface area (Å²) >= 11 is 1.86. The molecule has 1 aliphatic rings. The molecule has 0 saturated carbocycles. The van der Waals surface area contributed by atoms with Gasteiger partial charge in [-0.1, -0.05) is 56.3 Å². The summed E-state index contributed by atoms with van der Waals surface area (Å²) in [6.07, 6.45) is 0.793. The minimum absolute atomic E-state index is 0.793. The van der Waals surface area contributed by atoms with Crippen LogP contribution in [0.3, 0.4) is 0 Å². The summed E-state index contributed by atoms with van der Waals surface area (Å²) in [6.45, 7) is 7.73. The number of hydrogen-bond donors (Lipinski definition) is 0. The maximum Gasteiger partial charge on any atom is 0.0896 e. The van der Waals surface area contributed by atoms with E-state index in [1.165, 1.54) is 5.56 Å². The van der Waals surface area contributed by atoms with Gasteiger partial charge < -0.3 is 4.90 Å². The number of hydrogen-bond acceptors (Lipinski definition) is 4. The Bertz CT molecular complexity index is 749. The first kappa shape index (κ1) is 17.9. The van der Waals surface area contributed by atoms with Crippen LogP contribution in [0.25, 0.3) is 0 Å². The quantitative estimate of drug-likeness (QED) is 0.705. The highest BCUT2D eigenvalue weighted by atomic mass is 32.2. The van der Waals surface area contributed by atoms with E-state index in [-0.39, 0.29) is 0 Å². The lowest BCUT2D eigenvalue weighted by atomic mass is 10.1. The van der Waals surface area contributed by atoms with Crippen molar-refractivity contribution in [3.63, 3.8) is 0 Å². The van der Waals surface area contributed by atoms with Crippen molar-refractivity contribution >= 4 is 33.9 Å². The average molecular weight is 352 g/mol. The standard InChI is InChI=1S/C21H25N3S/c1-3-24(4-2)14-15-25-21-16-20(17-10-6-5-7-11-17)22-18-12-8-9-13-19(18)23-21/h5-13H,3-4,14-16H2,1-2H3. The summed E-state index contributed by atoms with van der Waals surface area (Å²) in [6, 6.07) is 18.6. The number of thioether (sulfide) groups is 1. The Morgan fingerprint density at radius 2 is 1.52 bits per heavy atom. The summed E-state index contributed by atoms with van der Waals surface area (Å²) in [5.41, 5.74) is 4.20. The second-order valence-corrected chi connectivity index (χ2v) is 7.14. The molecule has 130 valence electrons. The van der Waals surface area contributed by atoms with Gasteiger partial charge in [0.15, 0.2) is 0 Å². The van der Waals surface area contributed by atoms with E-state index in [2.05, 4.69) is 49.1 Å². The van der Waals surface area contributed by atoms with Crippen LogP contribution >= 0.6 is 11.8 Å². The van der Waals surface area contributed by atoms with Crippen LogP contribution in [0.4, 0.5) is 11.4 Å². The van der Waals surface area contributed by atoms with Crippen LogP contribution in [-0.2, 0) is 0 Å². The molecule has 25 heavy (non-hydrogen) atoms. The molecule has 0 bridgehead atoms. The lowest BCUT2D eigenvalue weighted by molar-refractivity contribution is 0.324. The Hall–Kier alpha value is -1.91. The smallest absolute Gasteiger partial charge is 0.0896 e. The molecule has 1 heterocycles. The number of aliphatic imine (C=N–C) groups is 2. The molecule has 0 atom stereocenters. The van der Waals surface area contributed by atoms with Gasteiger partial charge in [-0.15, -0.1) is 11.8 Å². The Balaban J connectivity index is 1.82. The summed E-state index contributed by atoms with van der Waals surface area (Å²) in [7, 11) is 0. The Morgan fingerprint density at radius 3 is 2.20 bits per heavy atom. The largest absolute Gasteiger partial charge is 0.303 e. The van der Waals surface area contributed by atoms with E-state index in [0.29, 0.717) is 0 Å². The predicted octanol–water partition coefficient (Wildman–Crippen LogP) is 5.32. The van der Waals surface area contributed by atoms with Crippen molar-refractivity contribution in [2.45, 2.75) is 20.3 Å². The maximum atomic E-state index is 4.91. The Labute approximate surface area is 154 Å². The summed E-state index contributed by atoms with van der Waals surface area (Å²) < 4.78 is 0. The normalized spacial score (nSPS) is 13.9. The van der Waals surface area contributed by atoms with Crippen LogP contribution in [-0.4, -0.2) is 41.0 Å². The van der Waals surface area contributed by atoms with Crippen LogP contribution in [0.5, 0.6) is 0 Å². The first-order chi connectivity index (χ1) is 12.3. The lowest BCUT2D eigenvalue weighted by Gasteiger charge is -2.17. The molecule has 2 aromatic rings. The maximum absolute atomic E-state index is 4.91. The van der Waals surface area contributed by atoms with Gasteiger partial charge in [0, 0.05) is 18.7 Å².